The molecule has 102 valence electrons. The van der Waals surface area contributed by atoms with Crippen molar-refractivity contribution >= 4 is 17.3 Å². The number of nitro groups is 1. The molecule has 2 rings (SSSR count). The van der Waals surface area contributed by atoms with E-state index >= 15 is 0 Å². The number of rotatable bonds is 3. The van der Waals surface area contributed by atoms with Crippen molar-refractivity contribution in [1.82, 2.24) is 0 Å². The molecule has 6 nitrogen and oxygen atoms in total. The minimum absolute atomic E-state index is 0.0467. The summed E-state index contributed by atoms with van der Waals surface area (Å²) in [4.78, 5) is 23.6. The summed E-state index contributed by atoms with van der Waals surface area (Å²) in [5.74, 6) is -0.283. The Hall–Kier alpha value is -2.11. The second-order valence-corrected chi connectivity index (χ2v) is 4.89. The number of benzene rings is 1. The highest BCUT2D eigenvalue weighted by molar-refractivity contribution is 5.77. The van der Waals surface area contributed by atoms with Gasteiger partial charge in [0.15, 0.2) is 0 Å². The largest absolute Gasteiger partial charge is 0.371 e. The van der Waals surface area contributed by atoms with Gasteiger partial charge in [-0.15, -0.1) is 0 Å². The van der Waals surface area contributed by atoms with Gasteiger partial charge in [0.05, 0.1) is 4.92 Å². The molecule has 0 radical (unpaired) electrons. The van der Waals surface area contributed by atoms with Gasteiger partial charge in [-0.05, 0) is 31.4 Å². The van der Waals surface area contributed by atoms with Crippen molar-refractivity contribution in [2.75, 3.05) is 18.0 Å². The standard InChI is InChI=1S/C13H17N3O3/c1-9-8-11(16(18)19)2-3-12(9)15-6-4-10(5-7-15)13(14)17/h2-3,8,10H,4-7H2,1H3,(H2,14,17). The van der Waals surface area contributed by atoms with Crippen molar-refractivity contribution in [2.45, 2.75) is 19.8 Å². The maximum Gasteiger partial charge on any atom is 0.269 e. The van der Waals surface area contributed by atoms with Gasteiger partial charge < -0.3 is 10.6 Å². The fourth-order valence-corrected chi connectivity index (χ4v) is 2.51. The molecule has 0 unspecified atom stereocenters. The first-order valence-electron chi connectivity index (χ1n) is 6.28. The van der Waals surface area contributed by atoms with Crippen LogP contribution in [0.2, 0.25) is 0 Å². The number of non-ortho nitro benzene ring substituents is 1. The molecule has 1 heterocycles. The molecule has 2 N–H and O–H groups in total. The van der Waals surface area contributed by atoms with Gasteiger partial charge >= 0.3 is 0 Å². The van der Waals surface area contributed by atoms with E-state index in [0.29, 0.717) is 0 Å². The minimum atomic E-state index is -0.393. The number of nitrogens with two attached hydrogens (primary N) is 1. The molecule has 6 heteroatoms. The predicted molar refractivity (Wildman–Crippen MR) is 72.0 cm³/mol. The zero-order valence-corrected chi connectivity index (χ0v) is 10.8. The van der Waals surface area contributed by atoms with Gasteiger partial charge in [-0.2, -0.15) is 0 Å². The molecule has 19 heavy (non-hydrogen) atoms. The van der Waals surface area contributed by atoms with Gasteiger partial charge in [0.25, 0.3) is 5.69 Å². The Bertz CT molecular complexity index is 508. The third-order valence-electron chi connectivity index (χ3n) is 3.63. The average molecular weight is 263 g/mol. The van der Waals surface area contributed by atoms with Crippen LogP contribution in [0.25, 0.3) is 0 Å². The number of piperidine rings is 1. The van der Waals surface area contributed by atoms with Crippen LogP contribution in [0, 0.1) is 23.0 Å². The molecule has 0 aromatic heterocycles. The number of amides is 1. The third kappa shape index (κ3) is 2.83. The average Bonchev–Trinajstić information content (AvgIpc) is 2.38. The molecule has 0 bridgehead atoms. The number of hydrogen-bond donors (Lipinski definition) is 1. The fourth-order valence-electron chi connectivity index (χ4n) is 2.51. The first-order valence-corrected chi connectivity index (χ1v) is 6.28. The molecule has 0 aliphatic carbocycles. The van der Waals surface area contributed by atoms with E-state index in [4.69, 9.17) is 5.73 Å². The van der Waals surface area contributed by atoms with Crippen molar-refractivity contribution in [3.05, 3.63) is 33.9 Å². The van der Waals surface area contributed by atoms with Crippen molar-refractivity contribution in [3.63, 3.8) is 0 Å². The SMILES string of the molecule is Cc1cc([N+](=O)[O-])ccc1N1CCC(C(N)=O)CC1. The molecule has 1 aliphatic heterocycles. The predicted octanol–water partition coefficient (Wildman–Crippen LogP) is 1.60. The normalized spacial score (nSPS) is 16.4. The number of aryl methyl sites for hydroxylation is 1. The quantitative estimate of drug-likeness (QED) is 0.662. The van der Waals surface area contributed by atoms with Crippen LogP contribution in [0.3, 0.4) is 0 Å². The summed E-state index contributed by atoms with van der Waals surface area (Å²) in [6.07, 6.45) is 1.48. The molecule has 0 spiro atoms. The lowest BCUT2D eigenvalue weighted by atomic mass is 9.95. The van der Waals surface area contributed by atoms with E-state index in [1.165, 1.54) is 6.07 Å². The maximum atomic E-state index is 11.1. The number of nitro benzene ring substituents is 1. The lowest BCUT2D eigenvalue weighted by Gasteiger charge is -2.33. The van der Waals surface area contributed by atoms with Crippen LogP contribution in [-0.4, -0.2) is 23.9 Å². The van der Waals surface area contributed by atoms with E-state index < -0.39 is 4.92 Å². The van der Waals surface area contributed by atoms with Crippen LogP contribution in [0.4, 0.5) is 11.4 Å². The van der Waals surface area contributed by atoms with Gasteiger partial charge in [-0.1, -0.05) is 0 Å². The van der Waals surface area contributed by atoms with Gasteiger partial charge in [0, 0.05) is 36.8 Å². The van der Waals surface area contributed by atoms with E-state index in [0.717, 1.165) is 37.2 Å². The zero-order chi connectivity index (χ0) is 14.0. The summed E-state index contributed by atoms with van der Waals surface area (Å²) in [6.45, 7) is 3.38. The Kier molecular flexibility index (Phi) is 3.69. The van der Waals surface area contributed by atoms with Crippen LogP contribution in [0.5, 0.6) is 0 Å². The van der Waals surface area contributed by atoms with Crippen molar-refractivity contribution < 1.29 is 9.72 Å². The van der Waals surface area contributed by atoms with Gasteiger partial charge in [-0.25, -0.2) is 0 Å². The molecule has 1 aromatic rings. The molecule has 0 atom stereocenters. The highest BCUT2D eigenvalue weighted by Crippen LogP contribution is 2.28. The lowest BCUT2D eigenvalue weighted by molar-refractivity contribution is -0.384. The second-order valence-electron chi connectivity index (χ2n) is 4.89. The minimum Gasteiger partial charge on any atom is -0.371 e. The van der Waals surface area contributed by atoms with Crippen LogP contribution >= 0.6 is 0 Å². The first kappa shape index (κ1) is 13.3. The van der Waals surface area contributed by atoms with Crippen LogP contribution < -0.4 is 10.6 Å². The van der Waals surface area contributed by atoms with Crippen molar-refractivity contribution in [2.24, 2.45) is 11.7 Å². The molecule has 0 saturated carbocycles. The highest BCUT2D eigenvalue weighted by Gasteiger charge is 2.24. The first-order chi connectivity index (χ1) is 8.99. The number of hydrogen-bond acceptors (Lipinski definition) is 4. The van der Waals surface area contributed by atoms with Crippen molar-refractivity contribution in [1.29, 1.82) is 0 Å². The fraction of sp³-hybridized carbons (Fsp3) is 0.462. The summed E-state index contributed by atoms with van der Waals surface area (Å²) < 4.78 is 0. The number of carbonyl (C=O) groups excluding carboxylic acids is 1. The summed E-state index contributed by atoms with van der Waals surface area (Å²) in [5, 5.41) is 10.7. The third-order valence-corrected chi connectivity index (χ3v) is 3.63. The number of primary amides is 1. The molecule has 1 amide bonds. The summed E-state index contributed by atoms with van der Waals surface area (Å²) in [6, 6.07) is 4.87. The maximum absolute atomic E-state index is 11.1. The lowest BCUT2D eigenvalue weighted by Crippen LogP contribution is -2.38. The number of nitrogens with zero attached hydrogens (tertiary/aromatic N) is 2. The van der Waals surface area contributed by atoms with E-state index in [9.17, 15) is 14.9 Å². The number of anilines is 1. The Morgan fingerprint density at radius 1 is 1.42 bits per heavy atom. The molecular formula is C13H17N3O3. The van der Waals surface area contributed by atoms with E-state index in [-0.39, 0.29) is 17.5 Å². The molecule has 1 saturated heterocycles. The Morgan fingerprint density at radius 3 is 2.53 bits per heavy atom. The Labute approximate surface area is 111 Å². The monoisotopic (exact) mass is 263 g/mol. The smallest absolute Gasteiger partial charge is 0.269 e. The van der Waals surface area contributed by atoms with E-state index in [1.54, 1.807) is 12.1 Å². The molecule has 1 fully saturated rings. The van der Waals surface area contributed by atoms with Crippen LogP contribution in [0.1, 0.15) is 18.4 Å². The number of carbonyl (C=O) groups is 1. The van der Waals surface area contributed by atoms with Gasteiger partial charge in [0.1, 0.15) is 0 Å². The summed E-state index contributed by atoms with van der Waals surface area (Å²) >= 11 is 0. The topological polar surface area (TPSA) is 89.5 Å². The van der Waals surface area contributed by atoms with Crippen LogP contribution in [-0.2, 0) is 4.79 Å². The highest BCUT2D eigenvalue weighted by atomic mass is 16.6. The Morgan fingerprint density at radius 2 is 2.05 bits per heavy atom. The van der Waals surface area contributed by atoms with Crippen molar-refractivity contribution in [3.8, 4) is 0 Å². The molecule has 1 aromatic carbocycles. The summed E-state index contributed by atoms with van der Waals surface area (Å²) in [7, 11) is 0. The summed E-state index contributed by atoms with van der Waals surface area (Å²) in [5.41, 5.74) is 7.28. The van der Waals surface area contributed by atoms with Gasteiger partial charge in [0.2, 0.25) is 5.91 Å². The molecular weight excluding hydrogens is 246 g/mol. The van der Waals surface area contributed by atoms with E-state index in [2.05, 4.69) is 4.90 Å². The zero-order valence-electron chi connectivity index (χ0n) is 10.8. The van der Waals surface area contributed by atoms with Gasteiger partial charge in [-0.3, -0.25) is 14.9 Å². The van der Waals surface area contributed by atoms with Crippen LogP contribution in [0.15, 0.2) is 18.2 Å². The Balaban J connectivity index is 2.11. The van der Waals surface area contributed by atoms with E-state index in [1.807, 2.05) is 6.92 Å². The molecule has 1 aliphatic rings. The second kappa shape index (κ2) is 5.26.